The second kappa shape index (κ2) is 9.32. The van der Waals surface area contributed by atoms with Gasteiger partial charge in [-0.2, -0.15) is 0 Å². The normalized spacial score (nSPS) is 12.4. The molecule has 0 fully saturated rings. The van der Waals surface area contributed by atoms with Gasteiger partial charge in [0.05, 0.1) is 18.3 Å². The summed E-state index contributed by atoms with van der Waals surface area (Å²) < 4.78 is 27.9. The van der Waals surface area contributed by atoms with Gasteiger partial charge < -0.3 is 9.88 Å². The Morgan fingerprint density at radius 3 is 2.37 bits per heavy atom. The molecule has 0 aliphatic heterocycles. The van der Waals surface area contributed by atoms with Gasteiger partial charge in [0, 0.05) is 29.6 Å². The first-order valence-electron chi connectivity index (χ1n) is 9.39. The molecule has 30 heavy (non-hydrogen) atoms. The maximum Gasteiger partial charge on any atom is 0.244 e. The second-order valence-corrected chi connectivity index (χ2v) is 9.11. The number of nitrogens with one attached hydrogen (secondary N) is 1. The molecule has 1 N–H and O–H groups in total. The molecule has 1 aromatic heterocycles. The summed E-state index contributed by atoms with van der Waals surface area (Å²) in [6.07, 6.45) is 6.67. The molecule has 9 heteroatoms. The Balaban J connectivity index is 1.73. The first-order chi connectivity index (χ1) is 14.3. The fraction of sp³-hybridized carbons (Fsp3) is 0.238. The molecule has 0 bridgehead atoms. The van der Waals surface area contributed by atoms with Gasteiger partial charge >= 0.3 is 0 Å². The Morgan fingerprint density at radius 1 is 1.17 bits per heavy atom. The number of aromatic nitrogens is 2. The van der Waals surface area contributed by atoms with E-state index in [1.54, 1.807) is 43.7 Å². The molecule has 1 heterocycles. The lowest BCUT2D eigenvalue weighted by molar-refractivity contribution is -0.122. The lowest BCUT2D eigenvalue weighted by Crippen LogP contribution is -2.49. The van der Waals surface area contributed by atoms with Crippen molar-refractivity contribution in [2.24, 2.45) is 0 Å². The number of hydrogen-bond acceptors (Lipinski definition) is 4. The van der Waals surface area contributed by atoms with E-state index in [9.17, 15) is 13.2 Å². The molecule has 0 spiro atoms. The molecule has 0 unspecified atom stereocenters. The van der Waals surface area contributed by atoms with Crippen LogP contribution in [0.3, 0.4) is 0 Å². The van der Waals surface area contributed by atoms with Crippen molar-refractivity contribution >= 4 is 33.2 Å². The standard InChI is InChI=1S/C21H23ClN4O3S/c1-3-20(26(30(2,28)29)19-10-6-17(22)7-11-19)21(27)24-14-16-4-8-18(9-5-16)25-13-12-23-15-25/h4-13,15,20H,3,14H2,1-2H3,(H,24,27)/t20-/m1/s1. The average molecular weight is 447 g/mol. The van der Waals surface area contributed by atoms with E-state index in [-0.39, 0.29) is 12.5 Å². The number of rotatable bonds is 8. The van der Waals surface area contributed by atoms with E-state index in [4.69, 9.17) is 11.6 Å². The topological polar surface area (TPSA) is 84.3 Å². The fourth-order valence-electron chi connectivity index (χ4n) is 3.15. The summed E-state index contributed by atoms with van der Waals surface area (Å²) in [4.78, 5) is 16.9. The zero-order valence-corrected chi connectivity index (χ0v) is 18.3. The Kier molecular flexibility index (Phi) is 6.79. The zero-order valence-electron chi connectivity index (χ0n) is 16.7. The number of halogens is 1. The van der Waals surface area contributed by atoms with Crippen molar-refractivity contribution in [1.29, 1.82) is 0 Å². The highest BCUT2D eigenvalue weighted by molar-refractivity contribution is 7.92. The van der Waals surface area contributed by atoms with E-state index in [0.717, 1.165) is 21.8 Å². The lowest BCUT2D eigenvalue weighted by Gasteiger charge is -2.30. The minimum absolute atomic E-state index is 0.289. The van der Waals surface area contributed by atoms with E-state index in [1.807, 2.05) is 35.0 Å². The van der Waals surface area contributed by atoms with Crippen molar-refractivity contribution in [1.82, 2.24) is 14.9 Å². The van der Waals surface area contributed by atoms with Crippen LogP contribution >= 0.6 is 11.6 Å². The maximum absolute atomic E-state index is 12.9. The Morgan fingerprint density at radius 2 is 1.83 bits per heavy atom. The zero-order chi connectivity index (χ0) is 21.7. The lowest BCUT2D eigenvalue weighted by atomic mass is 10.1. The summed E-state index contributed by atoms with van der Waals surface area (Å²) in [6.45, 7) is 2.07. The van der Waals surface area contributed by atoms with Crippen molar-refractivity contribution in [3.05, 3.63) is 77.8 Å². The molecule has 158 valence electrons. The third kappa shape index (κ3) is 5.20. The molecule has 1 amide bonds. The number of imidazole rings is 1. The molecule has 3 aromatic rings. The summed E-state index contributed by atoms with van der Waals surface area (Å²) in [5.74, 6) is -0.364. The molecule has 7 nitrogen and oxygen atoms in total. The van der Waals surface area contributed by atoms with E-state index >= 15 is 0 Å². The third-order valence-electron chi connectivity index (χ3n) is 4.62. The minimum atomic E-state index is -3.68. The van der Waals surface area contributed by atoms with Crippen LogP contribution in [0.15, 0.2) is 67.3 Å². The van der Waals surface area contributed by atoms with Gasteiger partial charge in [-0.15, -0.1) is 0 Å². The maximum atomic E-state index is 12.9. The van der Waals surface area contributed by atoms with Crippen LogP contribution in [0.5, 0.6) is 0 Å². The summed E-state index contributed by atoms with van der Waals surface area (Å²) in [5.41, 5.74) is 2.26. The van der Waals surface area contributed by atoms with Crippen molar-refractivity contribution in [2.75, 3.05) is 10.6 Å². The van der Waals surface area contributed by atoms with Gasteiger partial charge in [0.1, 0.15) is 6.04 Å². The summed E-state index contributed by atoms with van der Waals surface area (Å²) in [5, 5.41) is 3.34. The van der Waals surface area contributed by atoms with Gasteiger partial charge in [0.2, 0.25) is 15.9 Å². The molecule has 0 aliphatic carbocycles. The van der Waals surface area contributed by atoms with Gasteiger partial charge in [-0.25, -0.2) is 13.4 Å². The monoisotopic (exact) mass is 446 g/mol. The highest BCUT2D eigenvalue weighted by Gasteiger charge is 2.31. The van der Waals surface area contributed by atoms with Gasteiger partial charge in [0.25, 0.3) is 0 Å². The first-order valence-corrected chi connectivity index (χ1v) is 11.6. The Bertz CT molecular complexity index is 1080. The number of hydrogen-bond donors (Lipinski definition) is 1. The van der Waals surface area contributed by atoms with Crippen LogP contribution in [0.25, 0.3) is 5.69 Å². The van der Waals surface area contributed by atoms with E-state index < -0.39 is 16.1 Å². The fourth-order valence-corrected chi connectivity index (χ4v) is 4.49. The third-order valence-corrected chi connectivity index (χ3v) is 6.05. The van der Waals surface area contributed by atoms with Crippen LogP contribution in [-0.4, -0.2) is 36.2 Å². The van der Waals surface area contributed by atoms with E-state index in [0.29, 0.717) is 17.1 Å². The van der Waals surface area contributed by atoms with E-state index in [1.165, 1.54) is 0 Å². The van der Waals surface area contributed by atoms with Crippen LogP contribution < -0.4 is 9.62 Å². The predicted molar refractivity (Wildman–Crippen MR) is 118 cm³/mol. The smallest absolute Gasteiger partial charge is 0.244 e. The molecular weight excluding hydrogens is 424 g/mol. The summed E-state index contributed by atoms with van der Waals surface area (Å²) in [6, 6.07) is 13.2. The summed E-state index contributed by atoms with van der Waals surface area (Å²) in [7, 11) is -3.68. The number of amides is 1. The van der Waals surface area contributed by atoms with Gasteiger partial charge in [0.15, 0.2) is 0 Å². The number of nitrogens with zero attached hydrogens (tertiary/aromatic N) is 3. The number of carbonyl (C=O) groups is 1. The molecule has 0 aliphatic rings. The van der Waals surface area contributed by atoms with Crippen molar-refractivity contribution in [3.63, 3.8) is 0 Å². The minimum Gasteiger partial charge on any atom is -0.350 e. The molecule has 0 radical (unpaired) electrons. The number of anilines is 1. The SMILES string of the molecule is CC[C@H](C(=O)NCc1ccc(-n2ccnc2)cc1)N(c1ccc(Cl)cc1)S(C)(=O)=O. The molecule has 3 rings (SSSR count). The molecular formula is C21H23ClN4O3S. The first kappa shape index (κ1) is 21.9. The largest absolute Gasteiger partial charge is 0.350 e. The molecule has 2 aromatic carbocycles. The van der Waals surface area contributed by atoms with Crippen LogP contribution in [-0.2, 0) is 21.4 Å². The van der Waals surface area contributed by atoms with Crippen LogP contribution in [0.2, 0.25) is 5.02 Å². The summed E-state index contributed by atoms with van der Waals surface area (Å²) >= 11 is 5.92. The van der Waals surface area contributed by atoms with Crippen molar-refractivity contribution in [2.45, 2.75) is 25.9 Å². The second-order valence-electron chi connectivity index (χ2n) is 6.81. The molecule has 1 atom stereocenters. The van der Waals surface area contributed by atoms with Crippen LogP contribution in [0.4, 0.5) is 5.69 Å². The van der Waals surface area contributed by atoms with Gasteiger partial charge in [-0.3, -0.25) is 9.10 Å². The highest BCUT2D eigenvalue weighted by Crippen LogP contribution is 2.24. The number of carbonyl (C=O) groups excluding carboxylic acids is 1. The van der Waals surface area contributed by atoms with Crippen molar-refractivity contribution in [3.8, 4) is 5.69 Å². The highest BCUT2D eigenvalue weighted by atomic mass is 35.5. The molecule has 0 saturated heterocycles. The predicted octanol–water partition coefficient (Wildman–Crippen LogP) is 3.39. The van der Waals surface area contributed by atoms with E-state index in [2.05, 4.69) is 10.3 Å². The van der Waals surface area contributed by atoms with Gasteiger partial charge in [-0.05, 0) is 48.4 Å². The van der Waals surface area contributed by atoms with Crippen LogP contribution in [0.1, 0.15) is 18.9 Å². The van der Waals surface area contributed by atoms with Crippen LogP contribution in [0, 0.1) is 0 Å². The van der Waals surface area contributed by atoms with Crippen molar-refractivity contribution < 1.29 is 13.2 Å². The molecule has 0 saturated carbocycles. The Labute approximate surface area is 181 Å². The quantitative estimate of drug-likeness (QED) is 0.574. The van der Waals surface area contributed by atoms with Gasteiger partial charge in [-0.1, -0.05) is 30.7 Å². The Hall–Kier alpha value is -2.84. The number of sulfonamides is 1. The average Bonchev–Trinajstić information content (AvgIpc) is 3.25. The number of benzene rings is 2.